The molecule has 0 saturated carbocycles. The Morgan fingerprint density at radius 1 is 1.39 bits per heavy atom. The van der Waals surface area contributed by atoms with Gasteiger partial charge in [0, 0.05) is 5.69 Å². The van der Waals surface area contributed by atoms with E-state index in [2.05, 4.69) is 20.9 Å². The van der Waals surface area contributed by atoms with Crippen molar-refractivity contribution in [1.29, 1.82) is 0 Å². The van der Waals surface area contributed by atoms with Gasteiger partial charge in [0.25, 0.3) is 0 Å². The molecule has 0 fully saturated rings. The number of aromatic nitrogens is 3. The predicted octanol–water partition coefficient (Wildman–Crippen LogP) is 2.50. The van der Waals surface area contributed by atoms with E-state index in [-0.39, 0.29) is 0 Å². The highest BCUT2D eigenvalue weighted by Crippen LogP contribution is 2.09. The van der Waals surface area contributed by atoms with Crippen molar-refractivity contribution in [1.82, 2.24) is 14.9 Å². The van der Waals surface area contributed by atoms with Crippen LogP contribution < -0.4 is 10.7 Å². The highest BCUT2D eigenvalue weighted by atomic mass is 32.1. The number of benzene rings is 1. The zero-order chi connectivity index (χ0) is 13.1. The van der Waals surface area contributed by atoms with Crippen molar-refractivity contribution in [3.8, 4) is 0 Å². The molecule has 0 aliphatic carbocycles. The summed E-state index contributed by atoms with van der Waals surface area (Å²) < 4.78 is 2.08. The third kappa shape index (κ3) is 2.93. The van der Waals surface area contributed by atoms with E-state index in [0.717, 1.165) is 5.69 Å². The Balaban J connectivity index is 2.08. The smallest absolute Gasteiger partial charge is 0.214 e. The van der Waals surface area contributed by atoms with E-state index in [1.54, 1.807) is 4.68 Å². The molecule has 0 saturated heterocycles. The summed E-state index contributed by atoms with van der Waals surface area (Å²) in [5, 5.41) is 10.2. The molecule has 2 aromatic rings. The van der Waals surface area contributed by atoms with Gasteiger partial charge < -0.3 is 5.32 Å². The van der Waals surface area contributed by atoms with Gasteiger partial charge in [-0.2, -0.15) is 5.10 Å². The zero-order valence-electron chi connectivity index (χ0n) is 10.0. The predicted molar refractivity (Wildman–Crippen MR) is 78.9 cm³/mol. The van der Waals surface area contributed by atoms with E-state index in [1.165, 1.54) is 5.56 Å². The van der Waals surface area contributed by atoms with Gasteiger partial charge >= 0.3 is 0 Å². The largest absolute Gasteiger partial charge is 0.331 e. The summed E-state index contributed by atoms with van der Waals surface area (Å²) in [6.07, 6.45) is 0. The topological polar surface area (TPSA) is 57.7 Å². The number of thiocarbonyl (C=S) groups is 1. The molecule has 94 valence electrons. The summed E-state index contributed by atoms with van der Waals surface area (Å²) in [5.74, 6) is 0.716. The minimum absolute atomic E-state index is 0.459. The molecule has 18 heavy (non-hydrogen) atoms. The second-order valence-electron chi connectivity index (χ2n) is 3.85. The first-order chi connectivity index (χ1) is 8.56. The van der Waals surface area contributed by atoms with Crippen molar-refractivity contribution in [3.63, 3.8) is 0 Å². The molecule has 2 rings (SSSR count). The average Bonchev–Trinajstić information content (AvgIpc) is 2.61. The lowest BCUT2D eigenvalue weighted by molar-refractivity contribution is 0.900. The van der Waals surface area contributed by atoms with Crippen molar-refractivity contribution in [2.75, 3.05) is 10.7 Å². The average molecular weight is 279 g/mol. The lowest BCUT2D eigenvalue weighted by Gasteiger charge is -2.11. The molecule has 1 aromatic carbocycles. The van der Waals surface area contributed by atoms with E-state index in [0.29, 0.717) is 15.7 Å². The maximum absolute atomic E-state index is 5.22. The van der Waals surface area contributed by atoms with Gasteiger partial charge in [-0.25, -0.2) is 4.68 Å². The molecule has 0 spiro atoms. The number of H-pyrrole nitrogens is 1. The van der Waals surface area contributed by atoms with Crippen molar-refractivity contribution < 1.29 is 0 Å². The molecule has 5 nitrogen and oxygen atoms in total. The summed E-state index contributed by atoms with van der Waals surface area (Å²) in [5.41, 5.74) is 5.06. The number of anilines is 1. The van der Waals surface area contributed by atoms with Crippen LogP contribution >= 0.6 is 24.4 Å². The van der Waals surface area contributed by atoms with Gasteiger partial charge in [0.1, 0.15) is 5.82 Å². The van der Waals surface area contributed by atoms with Gasteiger partial charge in [-0.15, -0.1) is 0 Å². The van der Waals surface area contributed by atoms with E-state index in [1.807, 2.05) is 38.1 Å². The second-order valence-corrected chi connectivity index (χ2v) is 4.64. The highest BCUT2D eigenvalue weighted by Gasteiger charge is 2.03. The normalized spacial score (nSPS) is 10.1. The van der Waals surface area contributed by atoms with Crippen LogP contribution in [0.3, 0.4) is 0 Å². The number of hydrogen-bond acceptors (Lipinski definition) is 3. The number of nitrogens with zero attached hydrogens (tertiary/aromatic N) is 2. The summed E-state index contributed by atoms with van der Waals surface area (Å²) in [7, 11) is 0. The Morgan fingerprint density at radius 3 is 2.78 bits per heavy atom. The molecular weight excluding hydrogens is 266 g/mol. The molecule has 1 aromatic heterocycles. The molecule has 0 atom stereocenters. The molecule has 1 heterocycles. The van der Waals surface area contributed by atoms with Crippen LogP contribution in [-0.2, 0) is 0 Å². The van der Waals surface area contributed by atoms with Crippen LogP contribution in [0.25, 0.3) is 0 Å². The lowest BCUT2D eigenvalue weighted by atomic mass is 10.2. The minimum Gasteiger partial charge on any atom is -0.331 e. The standard InChI is InChI=1S/C11H13N5S2/c1-7-4-3-5-9(6-7)12-10(17)15-16-8(2)13-14-11(16)18/h3-6H,1-2H3,(H,14,18)(H2,12,15,17). The van der Waals surface area contributed by atoms with Crippen LogP contribution in [-0.4, -0.2) is 20.0 Å². The fraction of sp³-hybridized carbons (Fsp3) is 0.182. The number of rotatable bonds is 2. The van der Waals surface area contributed by atoms with Crippen LogP contribution in [0.1, 0.15) is 11.4 Å². The first kappa shape index (κ1) is 12.7. The van der Waals surface area contributed by atoms with Crippen molar-refractivity contribution in [2.24, 2.45) is 0 Å². The molecular formula is C11H13N5S2. The van der Waals surface area contributed by atoms with E-state index in [4.69, 9.17) is 24.4 Å². The van der Waals surface area contributed by atoms with Crippen LogP contribution in [0, 0.1) is 18.6 Å². The molecule has 0 radical (unpaired) electrons. The zero-order valence-corrected chi connectivity index (χ0v) is 11.7. The number of aryl methyl sites for hydroxylation is 2. The van der Waals surface area contributed by atoms with E-state index >= 15 is 0 Å². The van der Waals surface area contributed by atoms with Crippen LogP contribution in [0.5, 0.6) is 0 Å². The summed E-state index contributed by atoms with van der Waals surface area (Å²) >= 11 is 10.3. The highest BCUT2D eigenvalue weighted by molar-refractivity contribution is 7.80. The number of aromatic amines is 1. The fourth-order valence-electron chi connectivity index (χ4n) is 1.49. The van der Waals surface area contributed by atoms with Gasteiger partial charge in [0.05, 0.1) is 0 Å². The quantitative estimate of drug-likeness (QED) is 0.737. The van der Waals surface area contributed by atoms with Crippen molar-refractivity contribution in [2.45, 2.75) is 13.8 Å². The van der Waals surface area contributed by atoms with Crippen LogP contribution in [0.2, 0.25) is 0 Å². The fourth-order valence-corrected chi connectivity index (χ4v) is 1.92. The maximum atomic E-state index is 5.22. The molecule has 3 N–H and O–H groups in total. The molecule has 0 aliphatic rings. The Kier molecular flexibility index (Phi) is 3.73. The summed E-state index contributed by atoms with van der Waals surface area (Å²) in [6.45, 7) is 3.85. The number of nitrogens with one attached hydrogen (secondary N) is 3. The van der Waals surface area contributed by atoms with Crippen LogP contribution in [0.15, 0.2) is 24.3 Å². The summed E-state index contributed by atoms with van der Waals surface area (Å²) in [4.78, 5) is 0. The maximum Gasteiger partial charge on any atom is 0.214 e. The Labute approximate surface area is 115 Å². The lowest BCUT2D eigenvalue weighted by Crippen LogP contribution is -2.28. The Morgan fingerprint density at radius 2 is 2.17 bits per heavy atom. The third-order valence-corrected chi connectivity index (χ3v) is 2.80. The van der Waals surface area contributed by atoms with Gasteiger partial charge in [0.2, 0.25) is 4.77 Å². The van der Waals surface area contributed by atoms with Crippen molar-refractivity contribution in [3.05, 3.63) is 40.4 Å². The Bertz CT molecular complexity index is 628. The first-order valence-electron chi connectivity index (χ1n) is 5.35. The van der Waals surface area contributed by atoms with Gasteiger partial charge in [0.15, 0.2) is 5.11 Å². The SMILES string of the molecule is Cc1cccc(NC(=S)Nn2c(C)n[nH]c2=S)c1. The molecule has 0 unspecified atom stereocenters. The van der Waals surface area contributed by atoms with Gasteiger partial charge in [-0.1, -0.05) is 12.1 Å². The van der Waals surface area contributed by atoms with E-state index < -0.39 is 0 Å². The second kappa shape index (κ2) is 5.28. The molecule has 0 aliphatic heterocycles. The van der Waals surface area contributed by atoms with Crippen molar-refractivity contribution >= 4 is 35.2 Å². The summed E-state index contributed by atoms with van der Waals surface area (Å²) in [6, 6.07) is 7.95. The van der Waals surface area contributed by atoms with Crippen LogP contribution in [0.4, 0.5) is 5.69 Å². The monoisotopic (exact) mass is 279 g/mol. The van der Waals surface area contributed by atoms with Gasteiger partial charge in [-0.3, -0.25) is 10.5 Å². The van der Waals surface area contributed by atoms with Gasteiger partial charge in [-0.05, 0) is 56.0 Å². The Hall–Kier alpha value is -1.73. The van der Waals surface area contributed by atoms with E-state index in [9.17, 15) is 0 Å². The molecule has 0 amide bonds. The first-order valence-corrected chi connectivity index (χ1v) is 6.16. The minimum atomic E-state index is 0.459. The molecule has 7 heteroatoms. The third-order valence-electron chi connectivity index (χ3n) is 2.33. The number of hydrogen-bond donors (Lipinski definition) is 3. The molecule has 0 bridgehead atoms.